The van der Waals surface area contributed by atoms with Gasteiger partial charge in [0.25, 0.3) is 0 Å². The Kier molecular flexibility index (Phi) is 4.14. The summed E-state index contributed by atoms with van der Waals surface area (Å²) in [4.78, 5) is 3.48. The summed E-state index contributed by atoms with van der Waals surface area (Å²) in [6.07, 6.45) is -0.753. The zero-order valence-electron chi connectivity index (χ0n) is 8.74. The molecule has 0 spiro atoms. The summed E-state index contributed by atoms with van der Waals surface area (Å²) in [5, 5.41) is 21.9. The van der Waals surface area contributed by atoms with Gasteiger partial charge in [0.05, 0.1) is 6.10 Å². The second kappa shape index (κ2) is 5.16. The first-order valence-electron chi connectivity index (χ1n) is 4.69. The minimum atomic E-state index is -1.05. The molecule has 1 heterocycles. The number of likely N-dealkylation sites (N-methyl/N-ethyl adjacent to an activating group) is 1. The Hall–Kier alpha value is -1.04. The Morgan fingerprint density at radius 2 is 2.20 bits per heavy atom. The van der Waals surface area contributed by atoms with Crippen LogP contribution in [0.15, 0.2) is 12.3 Å². The average Bonchev–Trinajstić information content (AvgIpc) is 2.21. The van der Waals surface area contributed by atoms with E-state index >= 15 is 0 Å². The number of hydrogen-bond acceptors (Lipinski definition) is 4. The smallest absolute Gasteiger partial charge is 0.215 e. The van der Waals surface area contributed by atoms with Gasteiger partial charge in [-0.3, -0.25) is 0 Å². The van der Waals surface area contributed by atoms with Crippen molar-refractivity contribution in [3.63, 3.8) is 0 Å². The summed E-state index contributed by atoms with van der Waals surface area (Å²) < 4.78 is 12.8. The quantitative estimate of drug-likeness (QED) is 0.624. The van der Waals surface area contributed by atoms with Gasteiger partial charge in [-0.1, -0.05) is 0 Å². The number of nitrogens with one attached hydrogen (secondary N) is 1. The van der Waals surface area contributed by atoms with Crippen molar-refractivity contribution in [1.82, 2.24) is 10.3 Å². The highest BCUT2D eigenvalue weighted by Gasteiger charge is 2.18. The van der Waals surface area contributed by atoms with E-state index in [-0.39, 0.29) is 6.54 Å². The molecule has 0 aromatic carbocycles. The molecule has 0 radical (unpaired) electrons. The fourth-order valence-corrected chi connectivity index (χ4v) is 1.28. The summed E-state index contributed by atoms with van der Waals surface area (Å²) >= 11 is 0. The highest BCUT2D eigenvalue weighted by atomic mass is 19.1. The van der Waals surface area contributed by atoms with Crippen molar-refractivity contribution in [2.24, 2.45) is 0 Å². The van der Waals surface area contributed by atoms with Gasteiger partial charge < -0.3 is 15.5 Å². The van der Waals surface area contributed by atoms with E-state index in [1.165, 1.54) is 12.3 Å². The van der Waals surface area contributed by atoms with Crippen molar-refractivity contribution < 1.29 is 14.6 Å². The first kappa shape index (κ1) is 12.0. The Morgan fingerprint density at radius 3 is 2.73 bits per heavy atom. The van der Waals surface area contributed by atoms with Crippen LogP contribution in [-0.4, -0.2) is 34.9 Å². The van der Waals surface area contributed by atoms with Gasteiger partial charge in [0.2, 0.25) is 5.95 Å². The summed E-state index contributed by atoms with van der Waals surface area (Å²) in [5.74, 6) is -0.561. The Labute approximate surface area is 87.8 Å². The predicted molar refractivity (Wildman–Crippen MR) is 53.8 cm³/mol. The maximum Gasteiger partial charge on any atom is 0.215 e. The maximum absolute atomic E-state index is 12.8. The number of aliphatic hydroxyl groups is 2. The molecule has 2 atom stereocenters. The van der Waals surface area contributed by atoms with Crippen LogP contribution in [-0.2, 0) is 0 Å². The fourth-order valence-electron chi connectivity index (χ4n) is 1.28. The minimum absolute atomic E-state index is 0.261. The number of aryl methyl sites for hydroxylation is 1. The van der Waals surface area contributed by atoms with Gasteiger partial charge in [-0.15, -0.1) is 0 Å². The minimum Gasteiger partial charge on any atom is -0.389 e. The molecule has 0 fully saturated rings. The van der Waals surface area contributed by atoms with Crippen molar-refractivity contribution in [2.45, 2.75) is 19.1 Å². The largest absolute Gasteiger partial charge is 0.389 e. The van der Waals surface area contributed by atoms with Crippen LogP contribution in [0, 0.1) is 12.9 Å². The van der Waals surface area contributed by atoms with Crippen molar-refractivity contribution >= 4 is 0 Å². The van der Waals surface area contributed by atoms with Crippen LogP contribution in [0.3, 0.4) is 0 Å². The third kappa shape index (κ3) is 2.95. The molecule has 3 N–H and O–H groups in total. The van der Waals surface area contributed by atoms with Gasteiger partial charge in [-0.05, 0) is 20.0 Å². The van der Waals surface area contributed by atoms with E-state index in [1.54, 1.807) is 14.0 Å². The number of pyridine rings is 1. The predicted octanol–water partition coefficient (Wildman–Crippen LogP) is 0.143. The standard InChI is InChI=1S/C10H15FN2O2/c1-6-3-7(4-13-10(6)11)9(15)8(14)5-12-2/h3-4,8-9,12,14-15H,5H2,1-2H3. The molecule has 1 rings (SSSR count). The molecule has 0 aliphatic rings. The third-order valence-corrected chi connectivity index (χ3v) is 2.15. The van der Waals surface area contributed by atoms with E-state index in [4.69, 9.17) is 0 Å². The van der Waals surface area contributed by atoms with E-state index in [9.17, 15) is 14.6 Å². The lowest BCUT2D eigenvalue weighted by Crippen LogP contribution is -2.29. The highest BCUT2D eigenvalue weighted by Crippen LogP contribution is 2.17. The Balaban J connectivity index is 2.81. The molecule has 1 aromatic rings. The van der Waals surface area contributed by atoms with Crippen molar-refractivity contribution in [2.75, 3.05) is 13.6 Å². The van der Waals surface area contributed by atoms with Crippen LogP contribution in [0.1, 0.15) is 17.2 Å². The second-order valence-electron chi connectivity index (χ2n) is 3.45. The van der Waals surface area contributed by atoms with Crippen LogP contribution in [0.2, 0.25) is 0 Å². The van der Waals surface area contributed by atoms with E-state index in [0.717, 1.165) is 0 Å². The van der Waals surface area contributed by atoms with Crippen molar-refractivity contribution in [3.8, 4) is 0 Å². The molecular formula is C10H15FN2O2. The van der Waals surface area contributed by atoms with E-state index in [2.05, 4.69) is 10.3 Å². The van der Waals surface area contributed by atoms with Crippen molar-refractivity contribution in [1.29, 1.82) is 0 Å². The molecule has 0 amide bonds. The van der Waals surface area contributed by atoms with Crippen LogP contribution in [0.4, 0.5) is 4.39 Å². The maximum atomic E-state index is 12.8. The number of halogens is 1. The molecular weight excluding hydrogens is 199 g/mol. The van der Waals surface area contributed by atoms with E-state index < -0.39 is 18.2 Å². The molecule has 0 aliphatic heterocycles. The molecule has 1 aromatic heterocycles. The average molecular weight is 214 g/mol. The molecule has 4 nitrogen and oxygen atoms in total. The van der Waals surface area contributed by atoms with Crippen LogP contribution in [0.25, 0.3) is 0 Å². The van der Waals surface area contributed by atoms with Crippen molar-refractivity contribution in [3.05, 3.63) is 29.3 Å². The lowest BCUT2D eigenvalue weighted by molar-refractivity contribution is 0.0199. The summed E-state index contributed by atoms with van der Waals surface area (Å²) in [5.41, 5.74) is 0.764. The highest BCUT2D eigenvalue weighted by molar-refractivity contribution is 5.20. The number of aliphatic hydroxyl groups excluding tert-OH is 2. The summed E-state index contributed by atoms with van der Waals surface area (Å²) in [6.45, 7) is 1.82. The molecule has 15 heavy (non-hydrogen) atoms. The molecule has 0 bridgehead atoms. The number of nitrogens with zero attached hydrogens (tertiary/aromatic N) is 1. The Morgan fingerprint density at radius 1 is 1.53 bits per heavy atom. The normalized spacial score (nSPS) is 15.0. The molecule has 84 valence electrons. The number of rotatable bonds is 4. The molecule has 0 saturated carbocycles. The fraction of sp³-hybridized carbons (Fsp3) is 0.500. The van der Waals surface area contributed by atoms with Gasteiger partial charge in [0.1, 0.15) is 6.10 Å². The van der Waals surface area contributed by atoms with Gasteiger partial charge in [-0.2, -0.15) is 4.39 Å². The van der Waals surface area contributed by atoms with Crippen LogP contribution >= 0.6 is 0 Å². The molecule has 5 heteroatoms. The second-order valence-corrected chi connectivity index (χ2v) is 3.45. The molecule has 2 unspecified atom stereocenters. The van der Waals surface area contributed by atoms with E-state index in [1.807, 2.05) is 0 Å². The van der Waals surface area contributed by atoms with Crippen LogP contribution in [0.5, 0.6) is 0 Å². The monoisotopic (exact) mass is 214 g/mol. The van der Waals surface area contributed by atoms with Gasteiger partial charge in [0.15, 0.2) is 0 Å². The molecule has 0 aliphatic carbocycles. The topological polar surface area (TPSA) is 65.4 Å². The van der Waals surface area contributed by atoms with Gasteiger partial charge >= 0.3 is 0 Å². The zero-order valence-corrected chi connectivity index (χ0v) is 8.74. The lowest BCUT2D eigenvalue weighted by atomic mass is 10.1. The summed E-state index contributed by atoms with van der Waals surface area (Å²) in [6, 6.07) is 1.48. The van der Waals surface area contributed by atoms with Gasteiger partial charge in [0, 0.05) is 23.9 Å². The zero-order chi connectivity index (χ0) is 11.4. The Bertz CT molecular complexity index is 333. The first-order valence-corrected chi connectivity index (χ1v) is 4.69. The SMILES string of the molecule is CNCC(O)C(O)c1cnc(F)c(C)c1. The lowest BCUT2D eigenvalue weighted by Gasteiger charge is -2.17. The first-order chi connectivity index (χ1) is 7.06. The summed E-state index contributed by atoms with van der Waals surface area (Å²) in [7, 11) is 1.67. The van der Waals surface area contributed by atoms with E-state index in [0.29, 0.717) is 11.1 Å². The number of aromatic nitrogens is 1. The third-order valence-electron chi connectivity index (χ3n) is 2.15. The number of hydrogen-bond donors (Lipinski definition) is 3. The van der Waals surface area contributed by atoms with Crippen LogP contribution < -0.4 is 5.32 Å². The molecule has 0 saturated heterocycles. The van der Waals surface area contributed by atoms with Gasteiger partial charge in [-0.25, -0.2) is 4.98 Å².